The standard InChI is InChI=1S/C9H12FN3O/c10-7-3-1-2-6(4-7)8(11)5-9(14)13-12/h1-4,8H,5,11-12H2,(H,13,14). The normalized spacial score (nSPS) is 12.2. The molecule has 0 bridgehead atoms. The molecule has 1 atom stereocenters. The summed E-state index contributed by atoms with van der Waals surface area (Å²) in [5, 5.41) is 0. The highest BCUT2D eigenvalue weighted by Crippen LogP contribution is 2.14. The van der Waals surface area contributed by atoms with Crippen LogP contribution in [-0.4, -0.2) is 5.91 Å². The summed E-state index contributed by atoms with van der Waals surface area (Å²) in [6, 6.07) is 5.30. The number of halogens is 1. The summed E-state index contributed by atoms with van der Waals surface area (Å²) in [7, 11) is 0. The number of amides is 1. The highest BCUT2D eigenvalue weighted by atomic mass is 19.1. The molecule has 0 aliphatic heterocycles. The van der Waals surface area contributed by atoms with Gasteiger partial charge < -0.3 is 5.73 Å². The fourth-order valence-corrected chi connectivity index (χ4v) is 1.11. The van der Waals surface area contributed by atoms with Crippen molar-refractivity contribution in [2.75, 3.05) is 0 Å². The van der Waals surface area contributed by atoms with E-state index in [1.807, 2.05) is 5.43 Å². The molecule has 0 saturated heterocycles. The van der Waals surface area contributed by atoms with Crippen molar-refractivity contribution in [3.8, 4) is 0 Å². The molecule has 0 saturated carbocycles. The second-order valence-electron chi connectivity index (χ2n) is 2.93. The first kappa shape index (κ1) is 10.6. The first-order valence-corrected chi connectivity index (χ1v) is 4.14. The molecule has 0 heterocycles. The Morgan fingerprint density at radius 3 is 2.86 bits per heavy atom. The molecule has 76 valence electrons. The minimum atomic E-state index is -0.533. The number of carbonyl (C=O) groups is 1. The lowest BCUT2D eigenvalue weighted by molar-refractivity contribution is -0.121. The van der Waals surface area contributed by atoms with Gasteiger partial charge in [-0.1, -0.05) is 12.1 Å². The molecule has 0 spiro atoms. The summed E-state index contributed by atoms with van der Waals surface area (Å²) in [6.45, 7) is 0. The molecule has 0 aromatic heterocycles. The first-order valence-electron chi connectivity index (χ1n) is 4.14. The Balaban J connectivity index is 2.69. The first-order chi connectivity index (χ1) is 6.63. The summed E-state index contributed by atoms with van der Waals surface area (Å²) in [6.07, 6.45) is 0.0416. The van der Waals surface area contributed by atoms with Gasteiger partial charge in [0.25, 0.3) is 0 Å². The summed E-state index contributed by atoms with van der Waals surface area (Å²) < 4.78 is 12.8. The molecule has 4 nitrogen and oxygen atoms in total. The number of benzene rings is 1. The van der Waals surface area contributed by atoms with Crippen molar-refractivity contribution in [1.82, 2.24) is 5.43 Å². The fraction of sp³-hybridized carbons (Fsp3) is 0.222. The Hall–Kier alpha value is -1.46. The Morgan fingerprint density at radius 1 is 1.57 bits per heavy atom. The quantitative estimate of drug-likeness (QED) is 0.368. The van der Waals surface area contributed by atoms with Crippen LogP contribution in [0.5, 0.6) is 0 Å². The molecule has 1 aromatic rings. The number of hydrazine groups is 1. The van der Waals surface area contributed by atoms with E-state index in [2.05, 4.69) is 0 Å². The lowest BCUT2D eigenvalue weighted by Crippen LogP contribution is -2.32. The Labute approximate surface area is 81.1 Å². The van der Waals surface area contributed by atoms with Gasteiger partial charge >= 0.3 is 0 Å². The average Bonchev–Trinajstić information content (AvgIpc) is 2.17. The lowest BCUT2D eigenvalue weighted by Gasteiger charge is -2.10. The predicted molar refractivity (Wildman–Crippen MR) is 50.3 cm³/mol. The zero-order valence-electron chi connectivity index (χ0n) is 7.53. The summed E-state index contributed by atoms with van der Waals surface area (Å²) in [5.74, 6) is 4.16. The van der Waals surface area contributed by atoms with Gasteiger partial charge in [0.2, 0.25) is 5.91 Å². The van der Waals surface area contributed by atoms with Crippen LogP contribution in [-0.2, 0) is 4.79 Å². The van der Waals surface area contributed by atoms with E-state index in [9.17, 15) is 9.18 Å². The molecule has 1 amide bonds. The van der Waals surface area contributed by atoms with Crippen molar-refractivity contribution in [2.24, 2.45) is 11.6 Å². The summed E-state index contributed by atoms with van der Waals surface area (Å²) >= 11 is 0. The topological polar surface area (TPSA) is 81.1 Å². The van der Waals surface area contributed by atoms with Crippen molar-refractivity contribution in [2.45, 2.75) is 12.5 Å². The third-order valence-electron chi connectivity index (χ3n) is 1.84. The van der Waals surface area contributed by atoms with Gasteiger partial charge in [-0.3, -0.25) is 10.2 Å². The number of nitrogens with one attached hydrogen (secondary N) is 1. The van der Waals surface area contributed by atoms with E-state index in [0.29, 0.717) is 5.56 Å². The molecule has 0 aliphatic carbocycles. The van der Waals surface area contributed by atoms with Crippen molar-refractivity contribution in [3.05, 3.63) is 35.6 Å². The molecule has 5 heteroatoms. The third kappa shape index (κ3) is 2.79. The van der Waals surface area contributed by atoms with Gasteiger partial charge in [-0.25, -0.2) is 10.2 Å². The Bertz CT molecular complexity index is 330. The number of hydrogen-bond donors (Lipinski definition) is 3. The molecule has 5 N–H and O–H groups in total. The van der Waals surface area contributed by atoms with Gasteiger partial charge in [0.05, 0.1) is 0 Å². The van der Waals surface area contributed by atoms with E-state index in [1.54, 1.807) is 12.1 Å². The predicted octanol–water partition coefficient (Wildman–Crippen LogP) is 0.206. The number of carbonyl (C=O) groups excluding carboxylic acids is 1. The molecule has 14 heavy (non-hydrogen) atoms. The van der Waals surface area contributed by atoms with Crippen LogP contribution in [0.4, 0.5) is 4.39 Å². The van der Waals surface area contributed by atoms with Crippen molar-refractivity contribution in [1.29, 1.82) is 0 Å². The molecular formula is C9H12FN3O. The zero-order valence-corrected chi connectivity index (χ0v) is 7.53. The van der Waals surface area contributed by atoms with Crippen LogP contribution in [0.15, 0.2) is 24.3 Å². The second-order valence-corrected chi connectivity index (χ2v) is 2.93. The minimum absolute atomic E-state index is 0.0416. The van der Waals surface area contributed by atoms with Crippen LogP contribution in [0, 0.1) is 5.82 Å². The summed E-state index contributed by atoms with van der Waals surface area (Å²) in [5.41, 5.74) is 8.20. The van der Waals surface area contributed by atoms with Crippen molar-refractivity contribution < 1.29 is 9.18 Å². The molecule has 0 aliphatic rings. The minimum Gasteiger partial charge on any atom is -0.324 e. The van der Waals surface area contributed by atoms with Crippen LogP contribution in [0.2, 0.25) is 0 Å². The van der Waals surface area contributed by atoms with Crippen molar-refractivity contribution in [3.63, 3.8) is 0 Å². The number of nitrogens with two attached hydrogens (primary N) is 2. The molecule has 0 radical (unpaired) electrons. The highest BCUT2D eigenvalue weighted by molar-refractivity contribution is 5.76. The molecule has 1 unspecified atom stereocenters. The average molecular weight is 197 g/mol. The summed E-state index contributed by atoms with van der Waals surface area (Å²) in [4.78, 5) is 10.9. The maximum absolute atomic E-state index is 12.8. The van der Waals surface area contributed by atoms with Crippen LogP contribution in [0.3, 0.4) is 0 Å². The van der Waals surface area contributed by atoms with Gasteiger partial charge in [-0.15, -0.1) is 0 Å². The highest BCUT2D eigenvalue weighted by Gasteiger charge is 2.10. The smallest absolute Gasteiger partial charge is 0.235 e. The van der Waals surface area contributed by atoms with Gasteiger partial charge in [0.15, 0.2) is 0 Å². The maximum Gasteiger partial charge on any atom is 0.235 e. The SMILES string of the molecule is NNC(=O)CC(N)c1cccc(F)c1. The van der Waals surface area contributed by atoms with Crippen LogP contribution in [0.25, 0.3) is 0 Å². The van der Waals surface area contributed by atoms with Crippen LogP contribution >= 0.6 is 0 Å². The zero-order chi connectivity index (χ0) is 10.6. The van der Waals surface area contributed by atoms with E-state index in [4.69, 9.17) is 11.6 Å². The van der Waals surface area contributed by atoms with E-state index >= 15 is 0 Å². The van der Waals surface area contributed by atoms with E-state index in [1.165, 1.54) is 12.1 Å². The molecule has 1 aromatic carbocycles. The monoisotopic (exact) mass is 197 g/mol. The maximum atomic E-state index is 12.8. The Morgan fingerprint density at radius 2 is 2.29 bits per heavy atom. The third-order valence-corrected chi connectivity index (χ3v) is 1.84. The fourth-order valence-electron chi connectivity index (χ4n) is 1.11. The van der Waals surface area contributed by atoms with E-state index in [0.717, 1.165) is 0 Å². The van der Waals surface area contributed by atoms with Gasteiger partial charge in [0, 0.05) is 12.5 Å². The van der Waals surface area contributed by atoms with Crippen molar-refractivity contribution >= 4 is 5.91 Å². The molecule has 1 rings (SSSR count). The number of hydrogen-bond acceptors (Lipinski definition) is 3. The molecule has 0 fully saturated rings. The van der Waals surface area contributed by atoms with Gasteiger partial charge in [0.1, 0.15) is 5.82 Å². The van der Waals surface area contributed by atoms with Crippen LogP contribution in [0.1, 0.15) is 18.0 Å². The number of rotatable bonds is 3. The lowest BCUT2D eigenvalue weighted by atomic mass is 10.0. The van der Waals surface area contributed by atoms with Crippen LogP contribution < -0.4 is 17.0 Å². The van der Waals surface area contributed by atoms with Gasteiger partial charge in [-0.2, -0.15) is 0 Å². The second kappa shape index (κ2) is 4.69. The molecular weight excluding hydrogens is 185 g/mol. The van der Waals surface area contributed by atoms with E-state index < -0.39 is 6.04 Å². The van der Waals surface area contributed by atoms with E-state index in [-0.39, 0.29) is 18.1 Å². The van der Waals surface area contributed by atoms with Gasteiger partial charge in [-0.05, 0) is 17.7 Å². The largest absolute Gasteiger partial charge is 0.324 e. The Kier molecular flexibility index (Phi) is 3.55.